The predicted octanol–water partition coefficient (Wildman–Crippen LogP) is 1.70. The zero-order chi connectivity index (χ0) is 9.46. The van der Waals surface area contributed by atoms with Gasteiger partial charge in [0.1, 0.15) is 5.75 Å². The van der Waals surface area contributed by atoms with Crippen LogP contribution in [0.3, 0.4) is 0 Å². The van der Waals surface area contributed by atoms with E-state index in [1.807, 2.05) is 0 Å². The topological polar surface area (TPSA) is 20.2 Å². The second-order valence-corrected chi connectivity index (χ2v) is 1.47. The molecule has 0 spiro atoms. The number of aromatic hydroxyl groups is 1. The molecule has 0 aliphatic carbocycles. The Kier molecular flexibility index (Phi) is 0.488. The molecule has 0 amide bonds. The molecule has 0 aliphatic rings. The van der Waals surface area contributed by atoms with Crippen molar-refractivity contribution >= 4 is 0 Å². The lowest BCUT2D eigenvalue weighted by molar-refractivity contribution is 0.475. The molecule has 0 bridgehead atoms. The fourth-order valence-corrected chi connectivity index (χ4v) is 0.368. The number of hydrogen-bond donors (Lipinski definition) is 1. The Bertz CT molecular complexity index is 230. The highest BCUT2D eigenvalue weighted by Crippen LogP contribution is 2.07. The Hall–Kier alpha value is -0.980. The first-order valence-corrected chi connectivity index (χ1v) is 2.22. The van der Waals surface area contributed by atoms with Gasteiger partial charge in [-0.25, -0.2) is 0 Å². The van der Waals surface area contributed by atoms with Crippen molar-refractivity contribution in [3.63, 3.8) is 0 Å². The summed E-state index contributed by atoms with van der Waals surface area (Å²) in [5.41, 5.74) is 0.253. The maximum atomic E-state index is 9.08. The summed E-state index contributed by atoms with van der Waals surface area (Å²) in [6.07, 6.45) is 0. The van der Waals surface area contributed by atoms with Crippen LogP contribution in [0.15, 0.2) is 24.2 Å². The minimum absolute atomic E-state index is 0.187. The highest BCUT2D eigenvalue weighted by atomic mass is 16.3. The van der Waals surface area contributed by atoms with Crippen LogP contribution in [0.5, 0.6) is 5.75 Å². The standard InChI is InChI=1S/C7H8O/c1-6-2-4-7(8)5-3-6/h2-5,8H,1H3/i2D,3D,4D,5D. The van der Waals surface area contributed by atoms with Crippen LogP contribution < -0.4 is 0 Å². The Labute approximate surface area is 54.2 Å². The van der Waals surface area contributed by atoms with Crippen LogP contribution in [0.25, 0.3) is 0 Å². The fraction of sp³-hybridized carbons (Fsp3) is 0.143. The van der Waals surface area contributed by atoms with Gasteiger partial charge in [-0.05, 0) is 19.0 Å². The van der Waals surface area contributed by atoms with Crippen molar-refractivity contribution in [1.29, 1.82) is 0 Å². The maximum absolute atomic E-state index is 9.08. The van der Waals surface area contributed by atoms with Crippen LogP contribution in [0.1, 0.15) is 11.0 Å². The van der Waals surface area contributed by atoms with E-state index in [9.17, 15) is 0 Å². The molecule has 1 aromatic rings. The van der Waals surface area contributed by atoms with Gasteiger partial charge in [-0.2, -0.15) is 0 Å². The van der Waals surface area contributed by atoms with Gasteiger partial charge in [-0.15, -0.1) is 0 Å². The first kappa shape index (κ1) is 2.09. The van der Waals surface area contributed by atoms with Crippen molar-refractivity contribution in [3.05, 3.63) is 29.7 Å². The van der Waals surface area contributed by atoms with Crippen molar-refractivity contribution in [1.82, 2.24) is 0 Å². The Balaban J connectivity index is 3.60. The SMILES string of the molecule is [2H]c1c([2H])c(O)c([2H])c([2H])c1C. The van der Waals surface area contributed by atoms with E-state index in [1.54, 1.807) is 0 Å². The molecule has 0 saturated carbocycles. The highest BCUT2D eigenvalue weighted by molar-refractivity contribution is 5.24. The van der Waals surface area contributed by atoms with Gasteiger partial charge in [-0.3, -0.25) is 0 Å². The lowest BCUT2D eigenvalue weighted by atomic mass is 10.2. The van der Waals surface area contributed by atoms with Crippen LogP contribution in [0.4, 0.5) is 0 Å². The molecule has 0 aliphatic heterocycles. The molecule has 1 N–H and O–H groups in total. The van der Waals surface area contributed by atoms with Gasteiger partial charge in [0.2, 0.25) is 0 Å². The number of rotatable bonds is 0. The van der Waals surface area contributed by atoms with E-state index >= 15 is 0 Å². The zero-order valence-corrected chi connectivity index (χ0v) is 4.45. The molecule has 0 heterocycles. The summed E-state index contributed by atoms with van der Waals surface area (Å²) in [6, 6.07) is -1.14. The zero-order valence-electron chi connectivity index (χ0n) is 8.45. The molecular formula is C7H8O. The van der Waals surface area contributed by atoms with Crippen LogP contribution in [-0.2, 0) is 0 Å². The van der Waals surface area contributed by atoms with Gasteiger partial charge in [0.25, 0.3) is 0 Å². The van der Waals surface area contributed by atoms with Crippen LogP contribution in [0, 0.1) is 6.92 Å². The molecular weight excluding hydrogens is 100 g/mol. The van der Waals surface area contributed by atoms with Gasteiger partial charge in [0.15, 0.2) is 0 Å². The molecule has 42 valence electrons. The molecule has 0 unspecified atom stereocenters. The molecule has 0 fully saturated rings. The molecule has 1 rings (SSSR count). The summed E-state index contributed by atoms with van der Waals surface area (Å²) in [5, 5.41) is 9.08. The minimum Gasteiger partial charge on any atom is -0.508 e. The summed E-state index contributed by atoms with van der Waals surface area (Å²) in [6.45, 7) is 1.49. The number of benzene rings is 1. The molecule has 0 radical (unpaired) electrons. The second kappa shape index (κ2) is 1.86. The molecule has 0 saturated heterocycles. The van der Waals surface area contributed by atoms with E-state index in [4.69, 9.17) is 10.6 Å². The maximum Gasteiger partial charge on any atom is 0.115 e. The van der Waals surface area contributed by atoms with Crippen molar-refractivity contribution < 1.29 is 10.6 Å². The molecule has 8 heavy (non-hydrogen) atoms. The number of phenols is 1. The van der Waals surface area contributed by atoms with Gasteiger partial charge in [-0.1, -0.05) is 17.6 Å². The lowest BCUT2D eigenvalue weighted by Gasteiger charge is -1.89. The minimum atomic E-state index is -0.587. The summed E-state index contributed by atoms with van der Waals surface area (Å²) >= 11 is 0. The monoisotopic (exact) mass is 112 g/mol. The Morgan fingerprint density at radius 3 is 2.38 bits per heavy atom. The van der Waals surface area contributed by atoms with Crippen LogP contribution in [-0.4, -0.2) is 5.11 Å². The Morgan fingerprint density at radius 1 is 1.38 bits per heavy atom. The third-order valence-corrected chi connectivity index (χ3v) is 0.737. The van der Waals surface area contributed by atoms with Crippen molar-refractivity contribution in [3.8, 4) is 5.75 Å². The third kappa shape index (κ3) is 0.997. The Morgan fingerprint density at radius 2 is 1.88 bits per heavy atom. The summed E-state index contributed by atoms with van der Waals surface area (Å²) in [4.78, 5) is 0. The molecule has 1 heteroatoms. The van der Waals surface area contributed by atoms with E-state index < -0.39 is 5.75 Å². The molecule has 0 atom stereocenters. The molecule has 1 nitrogen and oxygen atoms in total. The average Bonchev–Trinajstić information content (AvgIpc) is 2.08. The van der Waals surface area contributed by atoms with Gasteiger partial charge >= 0.3 is 0 Å². The predicted molar refractivity (Wildman–Crippen MR) is 32.8 cm³/mol. The fourth-order valence-electron chi connectivity index (χ4n) is 0.368. The molecule has 0 aromatic heterocycles. The van der Waals surface area contributed by atoms with E-state index in [-0.39, 0.29) is 29.7 Å². The average molecular weight is 112 g/mol. The largest absolute Gasteiger partial charge is 0.508 e. The van der Waals surface area contributed by atoms with Gasteiger partial charge < -0.3 is 5.11 Å². The third-order valence-electron chi connectivity index (χ3n) is 0.737. The summed E-state index contributed by atoms with van der Waals surface area (Å²) in [5.74, 6) is -0.587. The van der Waals surface area contributed by atoms with E-state index in [0.29, 0.717) is 0 Å². The van der Waals surface area contributed by atoms with E-state index in [1.165, 1.54) is 6.92 Å². The van der Waals surface area contributed by atoms with Crippen molar-refractivity contribution in [2.45, 2.75) is 6.92 Å². The van der Waals surface area contributed by atoms with Crippen molar-refractivity contribution in [2.24, 2.45) is 0 Å². The van der Waals surface area contributed by atoms with Crippen LogP contribution in [0.2, 0.25) is 0 Å². The smallest absolute Gasteiger partial charge is 0.115 e. The number of phenolic OH excluding ortho intramolecular Hbond substituents is 1. The van der Waals surface area contributed by atoms with E-state index in [2.05, 4.69) is 0 Å². The van der Waals surface area contributed by atoms with E-state index in [0.717, 1.165) is 0 Å². The second-order valence-electron chi connectivity index (χ2n) is 1.47. The lowest BCUT2D eigenvalue weighted by Crippen LogP contribution is -1.66. The van der Waals surface area contributed by atoms with Crippen molar-refractivity contribution in [2.75, 3.05) is 0 Å². The first-order valence-electron chi connectivity index (χ1n) is 4.22. The normalized spacial score (nSPS) is 16.1. The number of hydrogen-bond acceptors (Lipinski definition) is 1. The quantitative estimate of drug-likeness (QED) is 0.541. The first-order chi connectivity index (χ1) is 5.46. The van der Waals surface area contributed by atoms with Crippen LogP contribution >= 0.6 is 0 Å². The van der Waals surface area contributed by atoms with Gasteiger partial charge in [0.05, 0.1) is 5.48 Å². The highest BCUT2D eigenvalue weighted by Gasteiger charge is 1.82. The summed E-state index contributed by atoms with van der Waals surface area (Å²) < 4.78 is 28.9. The summed E-state index contributed by atoms with van der Waals surface area (Å²) in [7, 11) is 0. The molecule has 1 aromatic carbocycles. The van der Waals surface area contributed by atoms with Gasteiger partial charge in [0, 0.05) is 0 Å².